The number of β-amino-alcohol motifs (C(OH)–C–C–N with tert-alkyl or cyclic N) is 1. The number of hydrogen-bond acceptors (Lipinski definition) is 5. The molecule has 7 heteroatoms. The van der Waals surface area contributed by atoms with Gasteiger partial charge < -0.3 is 15.4 Å². The monoisotopic (exact) mass is 314 g/mol. The van der Waals surface area contributed by atoms with Gasteiger partial charge in [-0.1, -0.05) is 0 Å². The molecule has 0 aromatic carbocycles. The first kappa shape index (κ1) is 13.3. The Morgan fingerprint density at radius 1 is 1.67 bits per heavy atom. The van der Waals surface area contributed by atoms with Crippen LogP contribution in [0.3, 0.4) is 0 Å². The van der Waals surface area contributed by atoms with E-state index in [2.05, 4.69) is 26.3 Å². The minimum Gasteiger partial charge on any atom is -0.391 e. The number of anilines is 1. The van der Waals surface area contributed by atoms with Gasteiger partial charge >= 0.3 is 0 Å². The van der Waals surface area contributed by atoms with Crippen LogP contribution in [0.5, 0.6) is 0 Å². The van der Waals surface area contributed by atoms with Crippen molar-refractivity contribution in [1.82, 2.24) is 9.88 Å². The molecule has 1 aromatic heterocycles. The third kappa shape index (κ3) is 2.80. The number of carbonyl (C=O) groups excluding carboxylic acids is 1. The van der Waals surface area contributed by atoms with Gasteiger partial charge in [-0.3, -0.25) is 4.79 Å². The van der Waals surface area contributed by atoms with Gasteiger partial charge in [-0.25, -0.2) is 10.8 Å². The summed E-state index contributed by atoms with van der Waals surface area (Å²) < 4.78 is 0.711. The van der Waals surface area contributed by atoms with E-state index in [9.17, 15) is 9.90 Å². The van der Waals surface area contributed by atoms with Crippen LogP contribution in [0.4, 0.5) is 5.82 Å². The molecule has 6 nitrogen and oxygen atoms in total. The number of aromatic nitrogens is 1. The highest BCUT2D eigenvalue weighted by atomic mass is 79.9. The van der Waals surface area contributed by atoms with Crippen molar-refractivity contribution in [3.63, 3.8) is 0 Å². The zero-order valence-corrected chi connectivity index (χ0v) is 11.4. The second kappa shape index (κ2) is 5.64. The van der Waals surface area contributed by atoms with Gasteiger partial charge in [0.1, 0.15) is 0 Å². The number of carbonyl (C=O) groups is 1. The number of likely N-dealkylation sites (tertiary alicyclic amines) is 1. The summed E-state index contributed by atoms with van der Waals surface area (Å²) in [6.45, 7) is 1.00. The second-order valence-corrected chi connectivity index (χ2v) is 5.16. The number of nitrogen functional groups attached to an aromatic ring is 1. The zero-order chi connectivity index (χ0) is 13.1. The van der Waals surface area contributed by atoms with Crippen LogP contribution in [0.1, 0.15) is 23.2 Å². The highest BCUT2D eigenvalue weighted by Crippen LogP contribution is 2.21. The summed E-state index contributed by atoms with van der Waals surface area (Å²) >= 11 is 3.28. The van der Waals surface area contributed by atoms with E-state index in [0.717, 1.165) is 12.8 Å². The lowest BCUT2D eigenvalue weighted by Crippen LogP contribution is -2.42. The van der Waals surface area contributed by atoms with Crippen molar-refractivity contribution in [2.45, 2.75) is 18.9 Å². The average molecular weight is 315 g/mol. The lowest BCUT2D eigenvalue weighted by molar-refractivity contribution is 0.0474. The summed E-state index contributed by atoms with van der Waals surface area (Å²) in [5.74, 6) is 5.51. The van der Waals surface area contributed by atoms with Gasteiger partial charge in [-0.15, -0.1) is 0 Å². The van der Waals surface area contributed by atoms with Crippen LogP contribution < -0.4 is 11.3 Å². The Kier molecular flexibility index (Phi) is 4.15. The van der Waals surface area contributed by atoms with Crippen molar-refractivity contribution in [2.75, 3.05) is 18.5 Å². The number of amides is 1. The number of hydrogen-bond donors (Lipinski definition) is 3. The Labute approximate surface area is 113 Å². The molecule has 4 N–H and O–H groups in total. The van der Waals surface area contributed by atoms with Crippen molar-refractivity contribution < 1.29 is 9.90 Å². The molecule has 1 aromatic rings. The number of piperidine rings is 1. The number of rotatable bonds is 2. The number of halogens is 1. The molecule has 1 aliphatic heterocycles. The molecular formula is C11H15BrN4O2. The van der Waals surface area contributed by atoms with E-state index < -0.39 is 6.10 Å². The Balaban J connectivity index is 2.24. The van der Waals surface area contributed by atoms with E-state index in [1.54, 1.807) is 17.2 Å². The van der Waals surface area contributed by atoms with Crippen LogP contribution in [0.2, 0.25) is 0 Å². The third-order valence-corrected chi connectivity index (χ3v) is 3.34. The van der Waals surface area contributed by atoms with Gasteiger partial charge in [0.15, 0.2) is 5.82 Å². The fraction of sp³-hybridized carbons (Fsp3) is 0.455. The summed E-state index contributed by atoms with van der Waals surface area (Å²) in [5.41, 5.74) is 2.82. The summed E-state index contributed by atoms with van der Waals surface area (Å²) in [5, 5.41) is 9.60. The van der Waals surface area contributed by atoms with Crippen molar-refractivity contribution >= 4 is 27.7 Å². The maximum Gasteiger partial charge on any atom is 0.257 e. The fourth-order valence-corrected chi connectivity index (χ4v) is 2.36. The molecule has 0 saturated carbocycles. The van der Waals surface area contributed by atoms with E-state index >= 15 is 0 Å². The Morgan fingerprint density at radius 3 is 3.11 bits per heavy atom. The normalized spacial score (nSPS) is 19.7. The first-order valence-corrected chi connectivity index (χ1v) is 6.50. The number of aliphatic hydroxyl groups excluding tert-OH is 1. The number of nitrogens with two attached hydrogens (primary N) is 1. The van der Waals surface area contributed by atoms with Gasteiger partial charge in [-0.05, 0) is 34.8 Å². The molecule has 1 amide bonds. The first-order valence-electron chi connectivity index (χ1n) is 5.71. The van der Waals surface area contributed by atoms with E-state index in [1.807, 2.05) is 0 Å². The lowest BCUT2D eigenvalue weighted by atomic mass is 10.1. The van der Waals surface area contributed by atoms with Crippen LogP contribution >= 0.6 is 15.9 Å². The van der Waals surface area contributed by atoms with E-state index in [4.69, 9.17) is 5.84 Å². The SMILES string of the molecule is NNc1ncc(Br)cc1C(=O)N1CCCC(O)C1. The molecule has 1 unspecified atom stereocenters. The number of hydrazine groups is 1. The van der Waals surface area contributed by atoms with Gasteiger partial charge in [0, 0.05) is 23.8 Å². The molecule has 0 aliphatic carbocycles. The molecule has 0 spiro atoms. The third-order valence-electron chi connectivity index (χ3n) is 2.91. The van der Waals surface area contributed by atoms with Gasteiger partial charge in [0.25, 0.3) is 5.91 Å². The molecule has 18 heavy (non-hydrogen) atoms. The largest absolute Gasteiger partial charge is 0.391 e. The second-order valence-electron chi connectivity index (χ2n) is 4.24. The average Bonchev–Trinajstić information content (AvgIpc) is 2.38. The number of nitrogens with one attached hydrogen (secondary N) is 1. The number of pyridine rings is 1. The predicted octanol–water partition coefficient (Wildman–Crippen LogP) is 0.727. The van der Waals surface area contributed by atoms with Gasteiger partial charge in [0.05, 0.1) is 11.7 Å². The molecule has 0 radical (unpaired) electrons. The molecule has 1 saturated heterocycles. The summed E-state index contributed by atoms with van der Waals surface area (Å²) in [6, 6.07) is 1.67. The van der Waals surface area contributed by atoms with Crippen LogP contribution in [0.25, 0.3) is 0 Å². The molecule has 1 fully saturated rings. The van der Waals surface area contributed by atoms with Crippen molar-refractivity contribution in [2.24, 2.45) is 5.84 Å². The lowest BCUT2D eigenvalue weighted by Gasteiger charge is -2.30. The standard InChI is InChI=1S/C11H15BrN4O2/c12-7-4-9(10(15-13)14-5-7)11(18)16-3-1-2-8(17)6-16/h4-5,8,17H,1-3,6,13H2,(H,14,15). The molecule has 1 aliphatic rings. The molecule has 98 valence electrons. The fourth-order valence-electron chi connectivity index (χ4n) is 2.03. The van der Waals surface area contributed by atoms with Crippen LogP contribution in [0.15, 0.2) is 16.7 Å². The Hall–Kier alpha value is -1.18. The topological polar surface area (TPSA) is 91.5 Å². The molecule has 0 bridgehead atoms. The van der Waals surface area contributed by atoms with Crippen LogP contribution in [0, 0.1) is 0 Å². The van der Waals surface area contributed by atoms with E-state index in [0.29, 0.717) is 28.9 Å². The van der Waals surface area contributed by atoms with Crippen molar-refractivity contribution in [3.05, 3.63) is 22.3 Å². The van der Waals surface area contributed by atoms with E-state index in [-0.39, 0.29) is 5.91 Å². The van der Waals surface area contributed by atoms with Crippen LogP contribution in [-0.4, -0.2) is 40.1 Å². The van der Waals surface area contributed by atoms with Crippen molar-refractivity contribution in [3.8, 4) is 0 Å². The predicted molar refractivity (Wildman–Crippen MR) is 70.9 cm³/mol. The quantitative estimate of drug-likeness (QED) is 0.553. The van der Waals surface area contributed by atoms with Gasteiger partial charge in [-0.2, -0.15) is 0 Å². The van der Waals surface area contributed by atoms with Crippen molar-refractivity contribution in [1.29, 1.82) is 0 Å². The minimum absolute atomic E-state index is 0.171. The Bertz CT molecular complexity index is 455. The Morgan fingerprint density at radius 2 is 2.44 bits per heavy atom. The zero-order valence-electron chi connectivity index (χ0n) is 9.77. The summed E-state index contributed by atoms with van der Waals surface area (Å²) in [6.07, 6.45) is 2.66. The molecule has 2 rings (SSSR count). The number of nitrogens with zero attached hydrogens (tertiary/aromatic N) is 2. The number of aliphatic hydroxyl groups is 1. The molecule has 2 heterocycles. The minimum atomic E-state index is -0.447. The smallest absolute Gasteiger partial charge is 0.257 e. The molecule has 1 atom stereocenters. The summed E-state index contributed by atoms with van der Waals surface area (Å²) in [4.78, 5) is 18.0. The highest BCUT2D eigenvalue weighted by molar-refractivity contribution is 9.10. The summed E-state index contributed by atoms with van der Waals surface area (Å²) in [7, 11) is 0. The molecular weight excluding hydrogens is 300 g/mol. The maximum atomic E-state index is 12.3. The maximum absolute atomic E-state index is 12.3. The highest BCUT2D eigenvalue weighted by Gasteiger charge is 2.25. The van der Waals surface area contributed by atoms with Crippen LogP contribution in [-0.2, 0) is 0 Å². The van der Waals surface area contributed by atoms with Gasteiger partial charge in [0.2, 0.25) is 0 Å². The first-order chi connectivity index (χ1) is 8.61. The van der Waals surface area contributed by atoms with E-state index in [1.165, 1.54) is 0 Å².